The lowest BCUT2D eigenvalue weighted by Crippen LogP contribution is -2.26. The third-order valence-electron chi connectivity index (χ3n) is 4.05. The molecule has 1 aromatic carbocycles. The van der Waals surface area contributed by atoms with Crippen LogP contribution in [0.2, 0.25) is 0 Å². The van der Waals surface area contributed by atoms with E-state index in [0.29, 0.717) is 23.1 Å². The molecule has 7 nitrogen and oxygen atoms in total. The van der Waals surface area contributed by atoms with Crippen LogP contribution in [0, 0.1) is 6.92 Å². The van der Waals surface area contributed by atoms with Gasteiger partial charge in [0.1, 0.15) is 11.4 Å². The Balaban J connectivity index is 1.51. The zero-order valence-electron chi connectivity index (χ0n) is 15.0. The predicted octanol–water partition coefficient (Wildman–Crippen LogP) is 3.57. The van der Waals surface area contributed by atoms with Crippen molar-refractivity contribution >= 4 is 22.4 Å². The number of carbonyl (C=O) groups is 1. The van der Waals surface area contributed by atoms with Gasteiger partial charge in [-0.1, -0.05) is 29.8 Å². The van der Waals surface area contributed by atoms with E-state index in [1.165, 1.54) is 28.2 Å². The Morgan fingerprint density at radius 3 is 2.75 bits per heavy atom. The van der Waals surface area contributed by atoms with Gasteiger partial charge in [-0.25, -0.2) is 9.67 Å². The number of aryl methyl sites for hydroxylation is 1. The number of aromatic nitrogens is 3. The van der Waals surface area contributed by atoms with Gasteiger partial charge >= 0.3 is 0 Å². The van der Waals surface area contributed by atoms with E-state index >= 15 is 0 Å². The van der Waals surface area contributed by atoms with Crippen molar-refractivity contribution in [2.45, 2.75) is 13.5 Å². The second-order valence-electron chi connectivity index (χ2n) is 6.17. The van der Waals surface area contributed by atoms with Crippen LogP contribution in [0.15, 0.2) is 69.4 Å². The van der Waals surface area contributed by atoms with Crippen LogP contribution in [0.3, 0.4) is 0 Å². The average Bonchev–Trinajstić information content (AvgIpc) is 3.37. The molecule has 0 spiro atoms. The average molecular weight is 392 g/mol. The van der Waals surface area contributed by atoms with Crippen LogP contribution in [0.5, 0.6) is 0 Å². The number of hydrogen-bond donors (Lipinski definition) is 1. The molecule has 4 rings (SSSR count). The first kappa shape index (κ1) is 17.9. The number of rotatable bonds is 5. The van der Waals surface area contributed by atoms with E-state index in [4.69, 9.17) is 4.42 Å². The summed E-state index contributed by atoms with van der Waals surface area (Å²) in [7, 11) is 0. The lowest BCUT2D eigenvalue weighted by atomic mass is 10.1. The van der Waals surface area contributed by atoms with Gasteiger partial charge < -0.3 is 4.42 Å². The number of anilines is 1. The Hall–Kier alpha value is -3.52. The molecular weight excluding hydrogens is 376 g/mol. The number of hydrogen-bond acceptors (Lipinski definition) is 6. The highest BCUT2D eigenvalue weighted by molar-refractivity contribution is 7.14. The third kappa shape index (κ3) is 3.91. The van der Waals surface area contributed by atoms with Crippen molar-refractivity contribution in [3.8, 4) is 11.5 Å². The van der Waals surface area contributed by atoms with Gasteiger partial charge in [0.2, 0.25) is 0 Å². The van der Waals surface area contributed by atoms with Gasteiger partial charge in [-0.2, -0.15) is 5.10 Å². The van der Waals surface area contributed by atoms with Crippen LogP contribution in [-0.2, 0) is 6.54 Å². The number of nitrogens with zero attached hydrogens (tertiary/aromatic N) is 3. The fourth-order valence-corrected chi connectivity index (χ4v) is 3.27. The summed E-state index contributed by atoms with van der Waals surface area (Å²) in [6, 6.07) is 14.1. The van der Waals surface area contributed by atoms with Gasteiger partial charge in [0.05, 0.1) is 12.8 Å². The smallest absolute Gasteiger partial charge is 0.277 e. The van der Waals surface area contributed by atoms with E-state index in [1.54, 1.807) is 23.8 Å². The van der Waals surface area contributed by atoms with Crippen molar-refractivity contribution in [3.05, 3.63) is 87.3 Å². The van der Waals surface area contributed by atoms with E-state index in [1.807, 2.05) is 31.2 Å². The van der Waals surface area contributed by atoms with Gasteiger partial charge in [-0.15, -0.1) is 11.3 Å². The molecule has 0 fully saturated rings. The topological polar surface area (TPSA) is 90.0 Å². The van der Waals surface area contributed by atoms with E-state index in [-0.39, 0.29) is 11.3 Å². The van der Waals surface area contributed by atoms with Gasteiger partial charge in [0.25, 0.3) is 11.5 Å². The van der Waals surface area contributed by atoms with Crippen molar-refractivity contribution < 1.29 is 9.21 Å². The second-order valence-corrected chi connectivity index (χ2v) is 7.03. The molecule has 8 heteroatoms. The Morgan fingerprint density at radius 1 is 1.18 bits per heavy atom. The highest BCUT2D eigenvalue weighted by atomic mass is 32.1. The largest absolute Gasteiger partial charge is 0.463 e. The lowest BCUT2D eigenvalue weighted by molar-refractivity contribution is 0.102. The highest BCUT2D eigenvalue weighted by Crippen LogP contribution is 2.25. The SMILES string of the molecule is Cc1ccc(Cn2nc(C(=O)Nc3nc(-c4ccco4)cs3)ccc2=O)cc1. The quantitative estimate of drug-likeness (QED) is 0.561. The zero-order valence-corrected chi connectivity index (χ0v) is 15.8. The number of carbonyl (C=O) groups excluding carboxylic acids is 1. The molecule has 3 heterocycles. The fraction of sp³-hybridized carbons (Fsp3) is 0.100. The molecule has 140 valence electrons. The highest BCUT2D eigenvalue weighted by Gasteiger charge is 2.13. The summed E-state index contributed by atoms with van der Waals surface area (Å²) in [6.45, 7) is 2.29. The van der Waals surface area contributed by atoms with Gasteiger partial charge in [-0.3, -0.25) is 14.9 Å². The fourth-order valence-electron chi connectivity index (χ4n) is 2.58. The minimum atomic E-state index is -0.432. The molecule has 0 unspecified atom stereocenters. The Bertz CT molecular complexity index is 1160. The van der Waals surface area contributed by atoms with Crippen LogP contribution >= 0.6 is 11.3 Å². The normalized spacial score (nSPS) is 10.8. The lowest BCUT2D eigenvalue weighted by Gasteiger charge is -2.07. The standard InChI is InChI=1S/C20H16N4O3S/c1-13-4-6-14(7-5-13)11-24-18(25)9-8-15(23-24)19(26)22-20-21-16(12-28-20)17-3-2-10-27-17/h2-10,12H,11H2,1H3,(H,21,22,26). The molecule has 0 bridgehead atoms. The maximum absolute atomic E-state index is 12.5. The zero-order chi connectivity index (χ0) is 19.5. The van der Waals surface area contributed by atoms with E-state index in [9.17, 15) is 9.59 Å². The molecular formula is C20H16N4O3S. The summed E-state index contributed by atoms with van der Waals surface area (Å²) >= 11 is 1.28. The first-order valence-corrected chi connectivity index (χ1v) is 9.41. The first-order chi connectivity index (χ1) is 13.6. The second kappa shape index (κ2) is 7.61. The van der Waals surface area contributed by atoms with Crippen molar-refractivity contribution in [2.75, 3.05) is 5.32 Å². The van der Waals surface area contributed by atoms with Crippen LogP contribution in [0.4, 0.5) is 5.13 Å². The molecule has 0 saturated heterocycles. The monoisotopic (exact) mass is 392 g/mol. The van der Waals surface area contributed by atoms with Gasteiger partial charge in [-0.05, 0) is 30.7 Å². The van der Waals surface area contributed by atoms with Crippen molar-refractivity contribution in [1.29, 1.82) is 0 Å². The summed E-state index contributed by atoms with van der Waals surface area (Å²) in [5.74, 6) is 0.194. The van der Waals surface area contributed by atoms with Crippen LogP contribution in [0.25, 0.3) is 11.5 Å². The van der Waals surface area contributed by atoms with Crippen LogP contribution in [-0.4, -0.2) is 20.7 Å². The van der Waals surface area contributed by atoms with Crippen molar-refractivity contribution in [3.63, 3.8) is 0 Å². The van der Waals surface area contributed by atoms with Crippen LogP contribution < -0.4 is 10.9 Å². The maximum atomic E-state index is 12.5. The molecule has 1 amide bonds. The molecule has 1 N–H and O–H groups in total. The first-order valence-electron chi connectivity index (χ1n) is 8.53. The number of furan rings is 1. The summed E-state index contributed by atoms with van der Waals surface area (Å²) in [5.41, 5.74) is 2.57. The van der Waals surface area contributed by atoms with E-state index in [0.717, 1.165) is 11.1 Å². The molecule has 28 heavy (non-hydrogen) atoms. The van der Waals surface area contributed by atoms with E-state index in [2.05, 4.69) is 15.4 Å². The van der Waals surface area contributed by atoms with Crippen molar-refractivity contribution in [2.24, 2.45) is 0 Å². The molecule has 0 radical (unpaired) electrons. The molecule has 0 aliphatic heterocycles. The molecule has 0 saturated carbocycles. The number of nitrogens with one attached hydrogen (secondary N) is 1. The maximum Gasteiger partial charge on any atom is 0.277 e. The summed E-state index contributed by atoms with van der Waals surface area (Å²) in [6.07, 6.45) is 1.56. The number of thiazole rings is 1. The summed E-state index contributed by atoms with van der Waals surface area (Å²) < 4.78 is 6.57. The third-order valence-corrected chi connectivity index (χ3v) is 4.81. The Kier molecular flexibility index (Phi) is 4.86. The minimum Gasteiger partial charge on any atom is -0.463 e. The molecule has 0 aliphatic rings. The minimum absolute atomic E-state index is 0.140. The summed E-state index contributed by atoms with van der Waals surface area (Å²) in [5, 5.41) is 9.12. The van der Waals surface area contributed by atoms with Gasteiger partial charge in [0.15, 0.2) is 10.9 Å². The Morgan fingerprint density at radius 2 is 2.00 bits per heavy atom. The number of amides is 1. The molecule has 0 aliphatic carbocycles. The predicted molar refractivity (Wildman–Crippen MR) is 107 cm³/mol. The van der Waals surface area contributed by atoms with E-state index < -0.39 is 5.91 Å². The molecule has 4 aromatic rings. The van der Waals surface area contributed by atoms with Gasteiger partial charge in [0, 0.05) is 11.4 Å². The number of benzene rings is 1. The summed E-state index contributed by atoms with van der Waals surface area (Å²) in [4.78, 5) is 29.0. The molecule has 0 atom stereocenters. The molecule has 3 aromatic heterocycles. The Labute approximate surface area is 164 Å². The van der Waals surface area contributed by atoms with Crippen molar-refractivity contribution in [1.82, 2.24) is 14.8 Å². The van der Waals surface area contributed by atoms with Crippen LogP contribution in [0.1, 0.15) is 21.6 Å².